The molecule has 0 radical (unpaired) electrons. The van der Waals surface area contributed by atoms with Crippen LogP contribution in [-0.2, 0) is 6.54 Å². The molecule has 23 heavy (non-hydrogen) atoms. The van der Waals surface area contributed by atoms with Crippen molar-refractivity contribution in [1.29, 1.82) is 0 Å². The second-order valence-corrected chi connectivity index (χ2v) is 6.45. The van der Waals surface area contributed by atoms with Crippen molar-refractivity contribution in [3.05, 3.63) is 17.7 Å². The van der Waals surface area contributed by atoms with Gasteiger partial charge < -0.3 is 24.4 Å². The Hall–Kier alpha value is -1.50. The lowest BCUT2D eigenvalue weighted by Crippen LogP contribution is -2.31. The highest BCUT2D eigenvalue weighted by Crippen LogP contribution is 2.62. The Morgan fingerprint density at radius 3 is 2.09 bits per heavy atom. The Balaban J connectivity index is 1.73. The van der Waals surface area contributed by atoms with Crippen LogP contribution < -0.4 is 14.2 Å². The number of benzene rings is 1. The lowest BCUT2D eigenvalue weighted by Gasteiger charge is -2.25. The van der Waals surface area contributed by atoms with E-state index >= 15 is 0 Å². The van der Waals surface area contributed by atoms with E-state index in [-0.39, 0.29) is 18.6 Å². The van der Waals surface area contributed by atoms with Gasteiger partial charge in [0.05, 0.1) is 34.5 Å². The standard InChI is InChI=1S/C17H25NO5/c1-21-14-5-4-11(15(22-2)16(14)23-3)6-18-7-12-13(8-18)17(12,9-19)10-20/h4-5,12-13,19-20H,6-10H2,1-3H3. The zero-order valence-corrected chi connectivity index (χ0v) is 13.9. The molecule has 2 unspecified atom stereocenters. The molecule has 0 spiro atoms. The predicted molar refractivity (Wildman–Crippen MR) is 85.0 cm³/mol. The number of aliphatic hydroxyl groups excluding tert-OH is 2. The van der Waals surface area contributed by atoms with Crippen molar-refractivity contribution in [3.63, 3.8) is 0 Å². The van der Waals surface area contributed by atoms with Crippen molar-refractivity contribution in [3.8, 4) is 17.2 Å². The first-order chi connectivity index (χ1) is 11.1. The maximum absolute atomic E-state index is 9.52. The summed E-state index contributed by atoms with van der Waals surface area (Å²) in [5, 5.41) is 19.0. The first-order valence-corrected chi connectivity index (χ1v) is 7.87. The van der Waals surface area contributed by atoms with E-state index in [0.29, 0.717) is 29.1 Å². The van der Waals surface area contributed by atoms with Crippen LogP contribution in [0.5, 0.6) is 17.2 Å². The minimum atomic E-state index is -0.252. The molecule has 1 saturated heterocycles. The highest BCUT2D eigenvalue weighted by molar-refractivity contribution is 5.55. The molecule has 1 aromatic carbocycles. The van der Waals surface area contributed by atoms with Gasteiger partial charge in [0, 0.05) is 30.6 Å². The lowest BCUT2D eigenvalue weighted by atomic mass is 10.0. The van der Waals surface area contributed by atoms with Crippen LogP contribution in [0.1, 0.15) is 5.56 Å². The Bertz CT molecular complexity index is 558. The highest BCUT2D eigenvalue weighted by atomic mass is 16.5. The molecule has 1 saturated carbocycles. The third kappa shape index (κ3) is 2.45. The summed E-state index contributed by atoms with van der Waals surface area (Å²) < 4.78 is 16.3. The van der Waals surface area contributed by atoms with Crippen molar-refractivity contribution in [1.82, 2.24) is 4.90 Å². The van der Waals surface area contributed by atoms with Gasteiger partial charge in [-0.15, -0.1) is 0 Å². The minimum absolute atomic E-state index is 0.0757. The van der Waals surface area contributed by atoms with Gasteiger partial charge in [-0.3, -0.25) is 4.90 Å². The van der Waals surface area contributed by atoms with Gasteiger partial charge in [-0.25, -0.2) is 0 Å². The summed E-state index contributed by atoms with van der Waals surface area (Å²) in [5.74, 6) is 2.74. The summed E-state index contributed by atoms with van der Waals surface area (Å²) in [7, 11) is 4.84. The number of likely N-dealkylation sites (tertiary alicyclic amines) is 1. The predicted octanol–water partition coefficient (Wildman–Crippen LogP) is 0.745. The van der Waals surface area contributed by atoms with Crippen LogP contribution in [0.4, 0.5) is 0 Å². The summed E-state index contributed by atoms with van der Waals surface area (Å²) >= 11 is 0. The van der Waals surface area contributed by atoms with E-state index in [1.165, 1.54) is 0 Å². The number of methoxy groups -OCH3 is 3. The van der Waals surface area contributed by atoms with E-state index in [9.17, 15) is 10.2 Å². The van der Waals surface area contributed by atoms with Gasteiger partial charge in [0.2, 0.25) is 5.75 Å². The highest BCUT2D eigenvalue weighted by Gasteiger charge is 2.67. The van der Waals surface area contributed by atoms with Crippen LogP contribution >= 0.6 is 0 Å². The molecule has 6 heteroatoms. The van der Waals surface area contributed by atoms with E-state index in [0.717, 1.165) is 25.2 Å². The van der Waals surface area contributed by atoms with Gasteiger partial charge >= 0.3 is 0 Å². The van der Waals surface area contributed by atoms with Crippen LogP contribution in [0.2, 0.25) is 0 Å². The Morgan fingerprint density at radius 2 is 1.61 bits per heavy atom. The number of piperidine rings is 1. The van der Waals surface area contributed by atoms with Crippen LogP contribution in [0, 0.1) is 17.3 Å². The van der Waals surface area contributed by atoms with Gasteiger partial charge in [-0.2, -0.15) is 0 Å². The van der Waals surface area contributed by atoms with E-state index < -0.39 is 0 Å². The van der Waals surface area contributed by atoms with Gasteiger partial charge in [-0.05, 0) is 17.9 Å². The maximum atomic E-state index is 9.52. The Labute approximate surface area is 136 Å². The van der Waals surface area contributed by atoms with Gasteiger partial charge in [0.15, 0.2) is 11.5 Å². The number of rotatable bonds is 7. The number of nitrogens with zero attached hydrogens (tertiary/aromatic N) is 1. The summed E-state index contributed by atoms with van der Waals surface area (Å²) in [5.41, 5.74) is 0.795. The molecule has 3 rings (SSSR count). The van der Waals surface area contributed by atoms with Crippen LogP contribution in [0.25, 0.3) is 0 Å². The molecule has 0 bridgehead atoms. The summed E-state index contributed by atoms with van der Waals surface area (Å²) in [4.78, 5) is 2.34. The van der Waals surface area contributed by atoms with E-state index in [2.05, 4.69) is 4.90 Å². The molecule has 2 aliphatic rings. The quantitative estimate of drug-likeness (QED) is 0.771. The zero-order chi connectivity index (χ0) is 16.6. The number of hydrogen-bond donors (Lipinski definition) is 2. The van der Waals surface area contributed by atoms with Gasteiger partial charge in [0.25, 0.3) is 0 Å². The number of hydrogen-bond acceptors (Lipinski definition) is 6. The molecule has 2 atom stereocenters. The van der Waals surface area contributed by atoms with Crippen LogP contribution in [0.15, 0.2) is 12.1 Å². The Morgan fingerprint density at radius 1 is 1.00 bits per heavy atom. The third-order valence-corrected chi connectivity index (χ3v) is 5.53. The second-order valence-electron chi connectivity index (χ2n) is 6.45. The first-order valence-electron chi connectivity index (χ1n) is 7.87. The van der Waals surface area contributed by atoms with Crippen molar-refractivity contribution in [2.24, 2.45) is 17.3 Å². The number of aliphatic hydroxyl groups is 2. The largest absolute Gasteiger partial charge is 0.493 e. The lowest BCUT2D eigenvalue weighted by molar-refractivity contribution is 0.0866. The van der Waals surface area contributed by atoms with E-state index in [1.54, 1.807) is 21.3 Å². The molecular formula is C17H25NO5. The molecule has 1 aromatic rings. The average molecular weight is 323 g/mol. The minimum Gasteiger partial charge on any atom is -0.493 e. The first kappa shape index (κ1) is 16.4. The maximum Gasteiger partial charge on any atom is 0.203 e. The van der Waals surface area contributed by atoms with E-state index in [1.807, 2.05) is 12.1 Å². The fraction of sp³-hybridized carbons (Fsp3) is 0.647. The van der Waals surface area contributed by atoms with Crippen molar-refractivity contribution >= 4 is 0 Å². The molecule has 1 heterocycles. The summed E-state index contributed by atoms with van der Waals surface area (Å²) in [6, 6.07) is 3.88. The number of fused-ring (bicyclic) bond motifs is 1. The second kappa shape index (κ2) is 6.19. The third-order valence-electron chi connectivity index (χ3n) is 5.53. The van der Waals surface area contributed by atoms with Crippen molar-refractivity contribution < 1.29 is 24.4 Å². The topological polar surface area (TPSA) is 71.4 Å². The van der Waals surface area contributed by atoms with Crippen LogP contribution in [0.3, 0.4) is 0 Å². The SMILES string of the molecule is COc1ccc(CN2CC3C(C2)C3(CO)CO)c(OC)c1OC. The normalized spacial score (nSPS) is 25.1. The zero-order valence-electron chi connectivity index (χ0n) is 13.9. The molecule has 128 valence electrons. The average Bonchev–Trinajstić information content (AvgIpc) is 2.95. The van der Waals surface area contributed by atoms with Crippen molar-refractivity contribution in [2.75, 3.05) is 47.6 Å². The molecule has 0 aromatic heterocycles. The van der Waals surface area contributed by atoms with Crippen LogP contribution in [-0.4, -0.2) is 62.7 Å². The molecular weight excluding hydrogens is 298 g/mol. The molecule has 1 aliphatic heterocycles. The molecule has 6 nitrogen and oxygen atoms in total. The fourth-order valence-electron chi connectivity index (χ4n) is 4.10. The molecule has 0 amide bonds. The smallest absolute Gasteiger partial charge is 0.203 e. The van der Waals surface area contributed by atoms with Gasteiger partial charge in [-0.1, -0.05) is 6.07 Å². The monoisotopic (exact) mass is 323 g/mol. The van der Waals surface area contributed by atoms with E-state index in [4.69, 9.17) is 14.2 Å². The molecule has 2 N–H and O–H groups in total. The summed E-state index contributed by atoms with van der Waals surface area (Å²) in [6.07, 6.45) is 0. The number of ether oxygens (including phenoxy) is 3. The van der Waals surface area contributed by atoms with Gasteiger partial charge in [0.1, 0.15) is 0 Å². The fourth-order valence-corrected chi connectivity index (χ4v) is 4.10. The van der Waals surface area contributed by atoms with Crippen molar-refractivity contribution in [2.45, 2.75) is 6.54 Å². The Kier molecular flexibility index (Phi) is 4.40. The summed E-state index contributed by atoms with van der Waals surface area (Å²) in [6.45, 7) is 2.69. The molecule has 1 aliphatic carbocycles. The molecule has 2 fully saturated rings.